The van der Waals surface area contributed by atoms with Crippen molar-refractivity contribution in [3.05, 3.63) is 0 Å². The molecule has 0 aromatic heterocycles. The molecule has 1 atom stereocenters. The van der Waals surface area contributed by atoms with Gasteiger partial charge >= 0.3 is 0 Å². The van der Waals surface area contributed by atoms with Gasteiger partial charge in [-0.05, 0) is 25.2 Å². The van der Waals surface area contributed by atoms with Gasteiger partial charge < -0.3 is 5.73 Å². The lowest BCUT2D eigenvalue weighted by Crippen LogP contribution is -2.49. The summed E-state index contributed by atoms with van der Waals surface area (Å²) in [6.07, 6.45) is 1.96. The second kappa shape index (κ2) is 4.58. The van der Waals surface area contributed by atoms with Crippen molar-refractivity contribution in [2.45, 2.75) is 38.9 Å². The first kappa shape index (κ1) is 13.9. The number of piperidine rings is 1. The lowest BCUT2D eigenvalue weighted by atomic mass is 9.85. The SMILES string of the molecule is CC(C(N)=S)S(=O)(=O)N1CCCC(C)(C)C1. The molecule has 1 aliphatic rings. The van der Waals surface area contributed by atoms with Crippen LogP contribution in [0.15, 0.2) is 0 Å². The van der Waals surface area contributed by atoms with E-state index in [0.717, 1.165) is 12.8 Å². The molecule has 0 amide bonds. The van der Waals surface area contributed by atoms with Gasteiger partial charge in [0.05, 0.1) is 4.99 Å². The maximum absolute atomic E-state index is 12.2. The molecule has 16 heavy (non-hydrogen) atoms. The molecule has 1 heterocycles. The van der Waals surface area contributed by atoms with E-state index < -0.39 is 15.3 Å². The van der Waals surface area contributed by atoms with Gasteiger partial charge in [0.15, 0.2) is 0 Å². The third kappa shape index (κ3) is 2.93. The Labute approximate surface area is 103 Å². The largest absolute Gasteiger partial charge is 0.392 e. The quantitative estimate of drug-likeness (QED) is 0.776. The fourth-order valence-corrected chi connectivity index (χ4v) is 3.98. The van der Waals surface area contributed by atoms with Crippen LogP contribution in [0, 0.1) is 5.41 Å². The van der Waals surface area contributed by atoms with Gasteiger partial charge in [-0.25, -0.2) is 12.7 Å². The molecule has 0 aromatic rings. The minimum Gasteiger partial charge on any atom is -0.392 e. The van der Waals surface area contributed by atoms with Crippen molar-refractivity contribution in [3.8, 4) is 0 Å². The smallest absolute Gasteiger partial charge is 0.223 e. The second-order valence-corrected chi connectivity index (χ2v) is 7.92. The average molecular weight is 264 g/mol. The normalized spacial score (nSPS) is 23.9. The number of nitrogens with two attached hydrogens (primary N) is 1. The Morgan fingerprint density at radius 1 is 1.50 bits per heavy atom. The maximum atomic E-state index is 12.2. The molecule has 1 saturated heterocycles. The van der Waals surface area contributed by atoms with Crippen molar-refractivity contribution >= 4 is 27.2 Å². The minimum atomic E-state index is -3.37. The molecule has 4 nitrogen and oxygen atoms in total. The predicted octanol–water partition coefficient (Wildman–Crippen LogP) is 1.11. The molecule has 1 unspecified atom stereocenters. The highest BCUT2D eigenvalue weighted by atomic mass is 32.2. The van der Waals surface area contributed by atoms with Crippen LogP contribution in [0.25, 0.3) is 0 Å². The zero-order valence-corrected chi connectivity index (χ0v) is 11.7. The van der Waals surface area contributed by atoms with Crippen LogP contribution in [0.4, 0.5) is 0 Å². The van der Waals surface area contributed by atoms with Crippen LogP contribution in [-0.2, 0) is 10.0 Å². The molecule has 0 aliphatic carbocycles. The van der Waals surface area contributed by atoms with Crippen LogP contribution in [0.1, 0.15) is 33.6 Å². The summed E-state index contributed by atoms with van der Waals surface area (Å²) in [4.78, 5) is 0.0448. The Balaban J connectivity index is 2.88. The van der Waals surface area contributed by atoms with E-state index in [1.54, 1.807) is 6.92 Å². The Morgan fingerprint density at radius 2 is 2.06 bits per heavy atom. The highest BCUT2D eigenvalue weighted by Gasteiger charge is 2.36. The zero-order valence-electron chi connectivity index (χ0n) is 10.1. The lowest BCUT2D eigenvalue weighted by Gasteiger charge is -2.38. The fraction of sp³-hybridized carbons (Fsp3) is 0.900. The Hall–Kier alpha value is -0.200. The van der Waals surface area contributed by atoms with Crippen molar-refractivity contribution in [1.82, 2.24) is 4.31 Å². The monoisotopic (exact) mass is 264 g/mol. The summed E-state index contributed by atoms with van der Waals surface area (Å²) in [6, 6.07) is 0. The molecule has 6 heteroatoms. The molecule has 0 aromatic carbocycles. The predicted molar refractivity (Wildman–Crippen MR) is 69.8 cm³/mol. The molecule has 1 aliphatic heterocycles. The van der Waals surface area contributed by atoms with Gasteiger partial charge in [-0.2, -0.15) is 0 Å². The lowest BCUT2D eigenvalue weighted by molar-refractivity contribution is 0.186. The first-order chi connectivity index (χ1) is 7.17. The van der Waals surface area contributed by atoms with E-state index in [-0.39, 0.29) is 10.4 Å². The number of thiocarbonyl (C=S) groups is 1. The number of nitrogens with zero attached hydrogens (tertiary/aromatic N) is 1. The Bertz CT molecular complexity index is 376. The maximum Gasteiger partial charge on any atom is 0.223 e. The highest BCUT2D eigenvalue weighted by Crippen LogP contribution is 2.30. The molecule has 0 bridgehead atoms. The topological polar surface area (TPSA) is 63.4 Å². The van der Waals surface area contributed by atoms with Crippen LogP contribution in [0.2, 0.25) is 0 Å². The molecular formula is C10H20N2O2S2. The molecule has 0 saturated carbocycles. The first-order valence-electron chi connectivity index (χ1n) is 5.45. The summed E-state index contributed by atoms with van der Waals surface area (Å²) in [7, 11) is -3.37. The summed E-state index contributed by atoms with van der Waals surface area (Å²) in [6.45, 7) is 6.86. The molecule has 2 N–H and O–H groups in total. The third-order valence-electron chi connectivity index (χ3n) is 3.07. The highest BCUT2D eigenvalue weighted by molar-refractivity contribution is 7.92. The van der Waals surface area contributed by atoms with Gasteiger partial charge in [0.1, 0.15) is 5.25 Å². The summed E-state index contributed by atoms with van der Waals surface area (Å²) < 4.78 is 25.9. The summed E-state index contributed by atoms with van der Waals surface area (Å²) in [5.74, 6) is 0. The van der Waals surface area contributed by atoms with Crippen molar-refractivity contribution in [1.29, 1.82) is 0 Å². The van der Waals surface area contributed by atoms with Crippen LogP contribution in [0.3, 0.4) is 0 Å². The van der Waals surface area contributed by atoms with Gasteiger partial charge in [0.2, 0.25) is 10.0 Å². The van der Waals surface area contributed by atoms with Gasteiger partial charge in [-0.1, -0.05) is 26.1 Å². The minimum absolute atomic E-state index is 0.0429. The molecule has 0 radical (unpaired) electrons. The standard InChI is InChI=1S/C10H20N2O2S2/c1-8(9(11)15)16(13,14)12-6-4-5-10(2,3)7-12/h8H,4-7H2,1-3H3,(H2,11,15). The number of hydrogen-bond donors (Lipinski definition) is 1. The van der Waals surface area contributed by atoms with E-state index in [4.69, 9.17) is 18.0 Å². The molecular weight excluding hydrogens is 244 g/mol. The zero-order chi connectivity index (χ0) is 12.6. The average Bonchev–Trinajstić information content (AvgIpc) is 2.14. The van der Waals surface area contributed by atoms with Gasteiger partial charge in [-0.3, -0.25) is 0 Å². The van der Waals surface area contributed by atoms with Gasteiger partial charge in [-0.15, -0.1) is 0 Å². The van der Waals surface area contributed by atoms with Crippen LogP contribution in [-0.4, -0.2) is 36.1 Å². The van der Waals surface area contributed by atoms with Crippen LogP contribution >= 0.6 is 12.2 Å². The van der Waals surface area contributed by atoms with E-state index in [9.17, 15) is 8.42 Å². The summed E-state index contributed by atoms with van der Waals surface area (Å²) in [5.41, 5.74) is 5.46. The third-order valence-corrected chi connectivity index (χ3v) is 5.75. The number of rotatable bonds is 3. The first-order valence-corrected chi connectivity index (χ1v) is 7.36. The summed E-state index contributed by atoms with van der Waals surface area (Å²) >= 11 is 4.76. The van der Waals surface area contributed by atoms with Crippen molar-refractivity contribution in [2.24, 2.45) is 11.1 Å². The molecule has 1 rings (SSSR count). The van der Waals surface area contributed by atoms with Crippen molar-refractivity contribution in [2.75, 3.05) is 13.1 Å². The molecule has 0 spiro atoms. The van der Waals surface area contributed by atoms with Crippen LogP contribution < -0.4 is 5.73 Å². The van der Waals surface area contributed by atoms with Gasteiger partial charge in [0.25, 0.3) is 0 Å². The van der Waals surface area contributed by atoms with E-state index in [2.05, 4.69) is 13.8 Å². The molecule has 1 fully saturated rings. The summed E-state index contributed by atoms with van der Waals surface area (Å²) in [5, 5.41) is -0.767. The number of sulfonamides is 1. The Kier molecular flexibility index (Phi) is 3.97. The van der Waals surface area contributed by atoms with Gasteiger partial charge in [0, 0.05) is 13.1 Å². The van der Waals surface area contributed by atoms with Crippen molar-refractivity contribution in [3.63, 3.8) is 0 Å². The Morgan fingerprint density at radius 3 is 2.50 bits per heavy atom. The van der Waals surface area contributed by atoms with Crippen LogP contribution in [0.5, 0.6) is 0 Å². The van der Waals surface area contributed by atoms with Crippen molar-refractivity contribution < 1.29 is 8.42 Å². The van der Waals surface area contributed by atoms with E-state index in [1.165, 1.54) is 4.31 Å². The molecule has 94 valence electrons. The fourth-order valence-electron chi connectivity index (χ4n) is 1.96. The van der Waals surface area contributed by atoms with E-state index >= 15 is 0 Å². The van der Waals surface area contributed by atoms with E-state index in [1.807, 2.05) is 0 Å². The van der Waals surface area contributed by atoms with E-state index in [0.29, 0.717) is 13.1 Å². The second-order valence-electron chi connectivity index (χ2n) is 5.19. The number of hydrogen-bond acceptors (Lipinski definition) is 3.